The van der Waals surface area contributed by atoms with Gasteiger partial charge in [0.05, 0.1) is 6.61 Å². The van der Waals surface area contributed by atoms with Gasteiger partial charge in [0.25, 0.3) is 0 Å². The first-order chi connectivity index (χ1) is 14.2. The molecule has 2 N–H and O–H groups in total. The molecule has 0 unspecified atom stereocenters. The number of rotatable bonds is 12. The second-order valence-electron chi connectivity index (χ2n) is 7.62. The average Bonchev–Trinajstić information content (AvgIpc) is 3.24. The summed E-state index contributed by atoms with van der Waals surface area (Å²) in [4.78, 5) is 18.1. The lowest BCUT2D eigenvalue weighted by Gasteiger charge is -2.15. The molecule has 2 rings (SSSR count). The molecule has 0 bridgehead atoms. The van der Waals surface area contributed by atoms with Crippen molar-refractivity contribution in [1.82, 2.24) is 15.5 Å². The van der Waals surface area contributed by atoms with Gasteiger partial charge in [0, 0.05) is 33.1 Å². The lowest BCUT2D eigenvalue weighted by Crippen LogP contribution is -2.37. The molecule has 1 aromatic carbocycles. The lowest BCUT2D eigenvalue weighted by molar-refractivity contribution is -0.143. The molecule has 0 aliphatic carbocycles. The minimum absolute atomic E-state index is 0. The number of carbonyl (C=O) groups is 1. The second kappa shape index (κ2) is 16.4. The van der Waals surface area contributed by atoms with Crippen molar-refractivity contribution in [3.05, 3.63) is 35.4 Å². The normalized spacial score (nSPS) is 14.3. The largest absolute Gasteiger partial charge is 0.466 e. The molecule has 7 heteroatoms. The minimum Gasteiger partial charge on any atom is -0.466 e. The molecule has 1 heterocycles. The summed E-state index contributed by atoms with van der Waals surface area (Å²) in [6, 6.07) is 8.88. The van der Waals surface area contributed by atoms with Crippen LogP contribution >= 0.6 is 24.0 Å². The molecule has 30 heavy (non-hydrogen) atoms. The third-order valence-electron chi connectivity index (χ3n) is 5.22. The number of benzene rings is 1. The summed E-state index contributed by atoms with van der Waals surface area (Å²) in [5.41, 5.74) is 2.65. The number of halogens is 1. The van der Waals surface area contributed by atoms with E-state index in [-0.39, 0.29) is 29.9 Å². The smallest absolute Gasteiger partial charge is 0.305 e. The van der Waals surface area contributed by atoms with E-state index in [0.29, 0.717) is 13.0 Å². The number of nitrogens with zero attached hydrogens (tertiary/aromatic N) is 2. The summed E-state index contributed by atoms with van der Waals surface area (Å²) in [7, 11) is 1.80. The van der Waals surface area contributed by atoms with Crippen LogP contribution in [0.2, 0.25) is 0 Å². The van der Waals surface area contributed by atoms with E-state index in [0.717, 1.165) is 51.3 Å². The van der Waals surface area contributed by atoms with Crippen LogP contribution in [0.25, 0.3) is 0 Å². The molecular formula is C23H39IN4O2. The Morgan fingerprint density at radius 2 is 1.70 bits per heavy atom. The monoisotopic (exact) mass is 530 g/mol. The first kappa shape index (κ1) is 26.7. The molecule has 1 fully saturated rings. The molecule has 0 atom stereocenters. The summed E-state index contributed by atoms with van der Waals surface area (Å²) in [6.45, 7) is 7.49. The second-order valence-corrected chi connectivity index (χ2v) is 7.62. The standard InChI is InChI=1S/C23H38N4O2.HI/c1-3-29-22(28)10-6-4-5-7-15-25-23(24-2)26-18-20-11-13-21(14-12-20)19-27-16-8-9-17-27;/h11-14H,3-10,15-19H2,1-2H3,(H2,24,25,26);1H. The van der Waals surface area contributed by atoms with Gasteiger partial charge in [-0.2, -0.15) is 0 Å². The maximum Gasteiger partial charge on any atom is 0.305 e. The van der Waals surface area contributed by atoms with Crippen molar-refractivity contribution in [2.45, 2.75) is 65.0 Å². The van der Waals surface area contributed by atoms with Crippen molar-refractivity contribution < 1.29 is 9.53 Å². The Hall–Kier alpha value is -1.35. The molecule has 1 saturated heterocycles. The highest BCUT2D eigenvalue weighted by Gasteiger charge is 2.11. The Morgan fingerprint density at radius 3 is 2.37 bits per heavy atom. The number of carbonyl (C=O) groups excluding carboxylic acids is 1. The van der Waals surface area contributed by atoms with Crippen molar-refractivity contribution in [2.75, 3.05) is 33.3 Å². The zero-order valence-electron chi connectivity index (χ0n) is 18.6. The summed E-state index contributed by atoms with van der Waals surface area (Å²) in [5, 5.41) is 6.74. The van der Waals surface area contributed by atoms with E-state index in [1.165, 1.54) is 37.1 Å². The van der Waals surface area contributed by atoms with Crippen LogP contribution in [0.3, 0.4) is 0 Å². The number of hydrogen-bond donors (Lipinski definition) is 2. The maximum atomic E-state index is 11.3. The van der Waals surface area contributed by atoms with Gasteiger partial charge in [-0.3, -0.25) is 14.7 Å². The Kier molecular flexibility index (Phi) is 14.5. The maximum absolute atomic E-state index is 11.3. The molecule has 6 nitrogen and oxygen atoms in total. The highest BCUT2D eigenvalue weighted by atomic mass is 127. The fourth-order valence-corrected chi connectivity index (χ4v) is 3.56. The first-order valence-electron chi connectivity index (χ1n) is 11.1. The van der Waals surface area contributed by atoms with E-state index in [1.807, 2.05) is 6.92 Å². The molecule has 0 amide bonds. The molecule has 0 spiro atoms. The quantitative estimate of drug-likeness (QED) is 0.140. The number of likely N-dealkylation sites (tertiary alicyclic amines) is 1. The Morgan fingerprint density at radius 1 is 1.03 bits per heavy atom. The van der Waals surface area contributed by atoms with Gasteiger partial charge in [-0.1, -0.05) is 37.1 Å². The SMILES string of the molecule is CCOC(=O)CCCCCCNC(=NC)NCc1ccc(CN2CCCC2)cc1.I. The van der Waals surface area contributed by atoms with Gasteiger partial charge in [0.2, 0.25) is 0 Å². The third-order valence-corrected chi connectivity index (χ3v) is 5.22. The van der Waals surface area contributed by atoms with E-state index in [1.54, 1.807) is 7.05 Å². The van der Waals surface area contributed by atoms with Crippen LogP contribution in [-0.4, -0.2) is 50.1 Å². The molecular weight excluding hydrogens is 491 g/mol. The van der Waals surface area contributed by atoms with E-state index in [4.69, 9.17) is 4.74 Å². The van der Waals surface area contributed by atoms with Crippen LogP contribution in [0.4, 0.5) is 0 Å². The highest BCUT2D eigenvalue weighted by Crippen LogP contribution is 2.13. The molecule has 0 aromatic heterocycles. The van der Waals surface area contributed by atoms with Gasteiger partial charge >= 0.3 is 5.97 Å². The Labute approximate surface area is 199 Å². The number of unbranched alkanes of at least 4 members (excludes halogenated alkanes) is 3. The van der Waals surface area contributed by atoms with E-state index >= 15 is 0 Å². The van der Waals surface area contributed by atoms with E-state index < -0.39 is 0 Å². The van der Waals surface area contributed by atoms with Gasteiger partial charge in [-0.15, -0.1) is 24.0 Å². The summed E-state index contributed by atoms with van der Waals surface area (Å²) >= 11 is 0. The molecule has 0 radical (unpaired) electrons. The molecule has 170 valence electrons. The molecule has 0 saturated carbocycles. The molecule has 1 aliphatic rings. The topological polar surface area (TPSA) is 66.0 Å². The van der Waals surface area contributed by atoms with Gasteiger partial charge in [-0.25, -0.2) is 0 Å². The fraction of sp³-hybridized carbons (Fsp3) is 0.652. The number of aliphatic imine (C=N–C) groups is 1. The van der Waals surface area contributed by atoms with Gasteiger partial charge in [-0.05, 0) is 56.8 Å². The zero-order chi connectivity index (χ0) is 20.7. The summed E-state index contributed by atoms with van der Waals surface area (Å²) in [5.74, 6) is 0.747. The van der Waals surface area contributed by atoms with Crippen molar-refractivity contribution in [1.29, 1.82) is 0 Å². The predicted octanol–water partition coefficient (Wildman–Crippen LogP) is 4.08. The van der Waals surface area contributed by atoms with E-state index in [9.17, 15) is 4.79 Å². The predicted molar refractivity (Wildman–Crippen MR) is 134 cm³/mol. The number of nitrogens with one attached hydrogen (secondary N) is 2. The Bertz CT molecular complexity index is 616. The van der Waals surface area contributed by atoms with Crippen LogP contribution in [0.1, 0.15) is 63.0 Å². The zero-order valence-corrected chi connectivity index (χ0v) is 21.0. The van der Waals surface area contributed by atoms with Crippen LogP contribution in [0.5, 0.6) is 0 Å². The number of esters is 1. The lowest BCUT2D eigenvalue weighted by atomic mass is 10.1. The number of hydrogen-bond acceptors (Lipinski definition) is 4. The van der Waals surface area contributed by atoms with Crippen LogP contribution in [0, 0.1) is 0 Å². The summed E-state index contributed by atoms with van der Waals surface area (Å²) < 4.78 is 4.94. The van der Waals surface area contributed by atoms with Gasteiger partial charge < -0.3 is 15.4 Å². The van der Waals surface area contributed by atoms with Crippen molar-refractivity contribution in [2.24, 2.45) is 4.99 Å². The number of guanidine groups is 1. The number of ether oxygens (including phenoxy) is 1. The van der Waals surface area contributed by atoms with Gasteiger partial charge in [0.1, 0.15) is 0 Å². The van der Waals surface area contributed by atoms with E-state index in [2.05, 4.69) is 44.8 Å². The van der Waals surface area contributed by atoms with Gasteiger partial charge in [0.15, 0.2) is 5.96 Å². The summed E-state index contributed by atoms with van der Waals surface area (Å²) in [6.07, 6.45) is 7.32. The fourth-order valence-electron chi connectivity index (χ4n) is 3.56. The minimum atomic E-state index is -0.0840. The van der Waals surface area contributed by atoms with Crippen molar-refractivity contribution >= 4 is 35.9 Å². The third kappa shape index (κ3) is 11.2. The molecule has 1 aromatic rings. The van der Waals surface area contributed by atoms with Crippen LogP contribution in [0.15, 0.2) is 29.3 Å². The highest BCUT2D eigenvalue weighted by molar-refractivity contribution is 14.0. The molecule has 1 aliphatic heterocycles. The Balaban J connectivity index is 0.00000450. The van der Waals surface area contributed by atoms with Crippen LogP contribution in [-0.2, 0) is 22.6 Å². The van der Waals surface area contributed by atoms with Crippen LogP contribution < -0.4 is 10.6 Å². The average molecular weight is 530 g/mol. The van der Waals surface area contributed by atoms with Crippen molar-refractivity contribution in [3.8, 4) is 0 Å². The van der Waals surface area contributed by atoms with Crippen molar-refractivity contribution in [3.63, 3.8) is 0 Å². The first-order valence-corrected chi connectivity index (χ1v) is 11.1.